The highest BCUT2D eigenvalue weighted by molar-refractivity contribution is 5.32. The molecule has 1 N–H and O–H groups in total. The molecule has 1 aromatic heterocycles. The zero-order chi connectivity index (χ0) is 14.9. The second kappa shape index (κ2) is 5.82. The van der Waals surface area contributed by atoms with Gasteiger partial charge < -0.3 is 9.84 Å². The monoisotopic (exact) mass is 299 g/mol. The van der Waals surface area contributed by atoms with Crippen LogP contribution in [0.15, 0.2) is 24.3 Å². The quantitative estimate of drug-likeness (QED) is 0.942. The first-order valence-corrected chi connectivity index (χ1v) is 8.06. The predicted molar refractivity (Wildman–Crippen MR) is 81.6 cm³/mol. The third-order valence-corrected chi connectivity index (χ3v) is 4.82. The average molecular weight is 299 g/mol. The van der Waals surface area contributed by atoms with Crippen molar-refractivity contribution in [3.8, 4) is 0 Å². The van der Waals surface area contributed by atoms with E-state index in [2.05, 4.69) is 29.2 Å². The van der Waals surface area contributed by atoms with Gasteiger partial charge in [-0.25, -0.2) is 9.67 Å². The van der Waals surface area contributed by atoms with Gasteiger partial charge in [0.05, 0.1) is 6.04 Å². The molecular formula is C17H21N3O2. The van der Waals surface area contributed by atoms with Gasteiger partial charge in [-0.15, -0.1) is 0 Å². The molecule has 2 heterocycles. The van der Waals surface area contributed by atoms with Crippen molar-refractivity contribution in [2.45, 2.75) is 44.2 Å². The molecule has 1 saturated heterocycles. The number of nitrogens with zero attached hydrogens (tertiary/aromatic N) is 3. The molecule has 0 atom stereocenters. The standard InChI is InChI=1S/C17H21N3O2/c21-11-16-18-17(12-5-7-22-8-6-12)19-20(16)15-9-13-3-1-2-4-14(13)10-15/h1-4,12,15,21H,5-11H2. The van der Waals surface area contributed by atoms with Crippen LogP contribution in [0.4, 0.5) is 0 Å². The van der Waals surface area contributed by atoms with E-state index < -0.39 is 0 Å². The van der Waals surface area contributed by atoms with E-state index in [0.717, 1.165) is 44.7 Å². The molecule has 2 aliphatic rings. The maximum absolute atomic E-state index is 9.66. The van der Waals surface area contributed by atoms with Crippen molar-refractivity contribution in [1.82, 2.24) is 14.8 Å². The van der Waals surface area contributed by atoms with Gasteiger partial charge in [-0.3, -0.25) is 0 Å². The Morgan fingerprint density at radius 2 is 1.82 bits per heavy atom. The van der Waals surface area contributed by atoms with Crippen molar-refractivity contribution in [2.75, 3.05) is 13.2 Å². The molecule has 5 heteroatoms. The third-order valence-electron chi connectivity index (χ3n) is 4.82. The molecule has 116 valence electrons. The molecule has 5 nitrogen and oxygen atoms in total. The lowest BCUT2D eigenvalue weighted by Crippen LogP contribution is -2.17. The maximum atomic E-state index is 9.66. The number of benzene rings is 1. The Labute approximate surface area is 129 Å². The number of hydrogen-bond acceptors (Lipinski definition) is 4. The fourth-order valence-electron chi connectivity index (χ4n) is 3.61. The first-order chi connectivity index (χ1) is 10.8. The molecule has 0 bridgehead atoms. The van der Waals surface area contributed by atoms with Crippen LogP contribution in [0.2, 0.25) is 0 Å². The summed E-state index contributed by atoms with van der Waals surface area (Å²) in [6.07, 6.45) is 3.89. The average Bonchev–Trinajstić information content (AvgIpc) is 3.19. The second-order valence-corrected chi connectivity index (χ2v) is 6.21. The Morgan fingerprint density at radius 1 is 1.14 bits per heavy atom. The SMILES string of the molecule is OCc1nc(C2CCOCC2)nn1C1Cc2ccccc2C1. The fraction of sp³-hybridized carbons (Fsp3) is 0.529. The number of hydrogen-bond donors (Lipinski definition) is 1. The van der Waals surface area contributed by atoms with Crippen LogP contribution in [0.25, 0.3) is 0 Å². The Balaban J connectivity index is 1.60. The van der Waals surface area contributed by atoms with Crippen molar-refractivity contribution in [3.63, 3.8) is 0 Å². The third kappa shape index (κ3) is 2.44. The normalized spacial score (nSPS) is 19.5. The Hall–Kier alpha value is -1.72. The summed E-state index contributed by atoms with van der Waals surface area (Å²) in [6, 6.07) is 8.82. The van der Waals surface area contributed by atoms with E-state index in [1.807, 2.05) is 4.68 Å². The van der Waals surface area contributed by atoms with E-state index in [-0.39, 0.29) is 12.6 Å². The van der Waals surface area contributed by atoms with Crippen molar-refractivity contribution in [2.24, 2.45) is 0 Å². The summed E-state index contributed by atoms with van der Waals surface area (Å²) >= 11 is 0. The fourth-order valence-corrected chi connectivity index (χ4v) is 3.61. The molecule has 0 radical (unpaired) electrons. The second-order valence-electron chi connectivity index (χ2n) is 6.21. The lowest BCUT2D eigenvalue weighted by atomic mass is 10.00. The molecule has 1 aliphatic heterocycles. The van der Waals surface area contributed by atoms with Crippen LogP contribution >= 0.6 is 0 Å². The summed E-state index contributed by atoms with van der Waals surface area (Å²) in [5.74, 6) is 1.94. The highest BCUT2D eigenvalue weighted by atomic mass is 16.5. The maximum Gasteiger partial charge on any atom is 0.154 e. The van der Waals surface area contributed by atoms with Crippen molar-refractivity contribution in [1.29, 1.82) is 0 Å². The Kier molecular flexibility index (Phi) is 3.68. The molecule has 0 amide bonds. The van der Waals surface area contributed by atoms with Crippen LogP contribution in [0.1, 0.15) is 47.6 Å². The number of rotatable bonds is 3. The number of ether oxygens (including phenoxy) is 1. The van der Waals surface area contributed by atoms with Crippen LogP contribution in [-0.4, -0.2) is 33.1 Å². The van der Waals surface area contributed by atoms with Crippen LogP contribution in [-0.2, 0) is 24.2 Å². The zero-order valence-corrected chi connectivity index (χ0v) is 12.6. The Bertz CT molecular complexity index is 637. The lowest BCUT2D eigenvalue weighted by Gasteiger charge is -2.19. The topological polar surface area (TPSA) is 60.2 Å². The van der Waals surface area contributed by atoms with E-state index in [0.29, 0.717) is 11.7 Å². The van der Waals surface area contributed by atoms with Gasteiger partial charge in [0.2, 0.25) is 0 Å². The van der Waals surface area contributed by atoms with Gasteiger partial charge in [-0.05, 0) is 36.8 Å². The number of aliphatic hydroxyl groups is 1. The van der Waals surface area contributed by atoms with Gasteiger partial charge in [0.25, 0.3) is 0 Å². The van der Waals surface area contributed by atoms with Gasteiger partial charge in [-0.2, -0.15) is 5.10 Å². The summed E-state index contributed by atoms with van der Waals surface area (Å²) in [7, 11) is 0. The highest BCUT2D eigenvalue weighted by Crippen LogP contribution is 2.32. The van der Waals surface area contributed by atoms with Gasteiger partial charge >= 0.3 is 0 Å². The van der Waals surface area contributed by atoms with Crippen LogP contribution < -0.4 is 0 Å². The van der Waals surface area contributed by atoms with Crippen LogP contribution in [0.5, 0.6) is 0 Å². The van der Waals surface area contributed by atoms with Crippen molar-refractivity contribution < 1.29 is 9.84 Å². The summed E-state index contributed by atoms with van der Waals surface area (Å²) in [5, 5.41) is 14.4. The number of aromatic nitrogens is 3. The first kappa shape index (κ1) is 13.9. The molecule has 1 aromatic carbocycles. The molecule has 0 unspecified atom stereocenters. The van der Waals surface area contributed by atoms with Crippen LogP contribution in [0.3, 0.4) is 0 Å². The highest BCUT2D eigenvalue weighted by Gasteiger charge is 2.28. The lowest BCUT2D eigenvalue weighted by molar-refractivity contribution is 0.0835. The zero-order valence-electron chi connectivity index (χ0n) is 12.6. The molecule has 2 aromatic rings. The number of aliphatic hydroxyl groups excluding tert-OH is 1. The molecule has 1 fully saturated rings. The smallest absolute Gasteiger partial charge is 0.154 e. The van der Waals surface area contributed by atoms with E-state index >= 15 is 0 Å². The van der Waals surface area contributed by atoms with Crippen molar-refractivity contribution in [3.05, 3.63) is 47.0 Å². The summed E-state index contributed by atoms with van der Waals surface area (Å²) in [6.45, 7) is 1.51. The molecule has 22 heavy (non-hydrogen) atoms. The largest absolute Gasteiger partial charge is 0.388 e. The van der Waals surface area contributed by atoms with Gasteiger partial charge in [-0.1, -0.05) is 24.3 Å². The minimum atomic E-state index is -0.0525. The van der Waals surface area contributed by atoms with E-state index in [1.165, 1.54) is 11.1 Å². The number of fused-ring (bicyclic) bond motifs is 1. The van der Waals surface area contributed by atoms with Crippen LogP contribution in [0, 0.1) is 0 Å². The molecule has 0 spiro atoms. The van der Waals surface area contributed by atoms with Gasteiger partial charge in [0, 0.05) is 19.1 Å². The summed E-state index contributed by atoms with van der Waals surface area (Å²) in [4.78, 5) is 4.61. The Morgan fingerprint density at radius 3 is 2.45 bits per heavy atom. The summed E-state index contributed by atoms with van der Waals surface area (Å²) in [5.41, 5.74) is 2.78. The minimum absolute atomic E-state index is 0.0525. The first-order valence-electron chi connectivity index (χ1n) is 8.06. The van der Waals surface area contributed by atoms with Crippen molar-refractivity contribution >= 4 is 0 Å². The molecule has 1 aliphatic carbocycles. The summed E-state index contributed by atoms with van der Waals surface area (Å²) < 4.78 is 7.38. The predicted octanol–water partition coefficient (Wildman–Crippen LogP) is 2.00. The minimum Gasteiger partial charge on any atom is -0.388 e. The molecule has 0 saturated carbocycles. The van der Waals surface area contributed by atoms with Gasteiger partial charge in [0.15, 0.2) is 11.6 Å². The van der Waals surface area contributed by atoms with E-state index in [9.17, 15) is 5.11 Å². The van der Waals surface area contributed by atoms with E-state index in [1.54, 1.807) is 0 Å². The van der Waals surface area contributed by atoms with E-state index in [4.69, 9.17) is 9.84 Å². The molecule has 4 rings (SSSR count). The molecular weight excluding hydrogens is 278 g/mol. The van der Waals surface area contributed by atoms with Gasteiger partial charge in [0.1, 0.15) is 6.61 Å².